The molecule has 0 atom stereocenters. The van der Waals surface area contributed by atoms with Crippen LogP contribution in [0, 0.1) is 0 Å². The number of hydrogen-bond acceptors (Lipinski definition) is 3. The summed E-state index contributed by atoms with van der Waals surface area (Å²) >= 11 is 0. The van der Waals surface area contributed by atoms with Gasteiger partial charge in [0.15, 0.2) is 0 Å². The summed E-state index contributed by atoms with van der Waals surface area (Å²) in [6.45, 7) is 2.89. The zero-order valence-electron chi connectivity index (χ0n) is 10.0. The van der Waals surface area contributed by atoms with Crippen LogP contribution in [0.15, 0.2) is 0 Å². The number of halogens is 3. The lowest BCUT2D eigenvalue weighted by molar-refractivity contribution is -0.143. The summed E-state index contributed by atoms with van der Waals surface area (Å²) in [5, 5.41) is 0. The molecule has 0 aliphatic carbocycles. The van der Waals surface area contributed by atoms with Gasteiger partial charge in [0, 0.05) is 19.8 Å². The minimum Gasteiger partial charge on any atom is -0.450 e. The first-order valence-corrected chi connectivity index (χ1v) is 5.47. The molecule has 0 aliphatic rings. The molecule has 0 N–H and O–H groups in total. The quantitative estimate of drug-likeness (QED) is 0.657. The lowest BCUT2D eigenvalue weighted by atomic mass is 10.4. The highest BCUT2D eigenvalue weighted by Gasteiger charge is 2.33. The summed E-state index contributed by atoms with van der Waals surface area (Å²) in [6.07, 6.45) is -5.01. The van der Waals surface area contributed by atoms with Crippen molar-refractivity contribution in [2.45, 2.75) is 26.4 Å². The maximum atomic E-state index is 12.2. The summed E-state index contributed by atoms with van der Waals surface area (Å²) in [5.41, 5.74) is 0. The van der Waals surface area contributed by atoms with Crippen LogP contribution in [0.1, 0.15) is 20.3 Å². The molecule has 0 radical (unpaired) electrons. The standard InChI is InChI=1S/C10H18F3NO3/c1-3-16-7-5-6-14(8-10(11,12)13)9(15)17-4-2/h3-8H2,1-2H3. The third kappa shape index (κ3) is 8.79. The van der Waals surface area contributed by atoms with Crippen LogP contribution in [0.3, 0.4) is 0 Å². The minimum atomic E-state index is -4.42. The van der Waals surface area contributed by atoms with Gasteiger partial charge in [0.2, 0.25) is 0 Å². The van der Waals surface area contributed by atoms with E-state index in [0.717, 1.165) is 0 Å². The molecule has 0 spiro atoms. The average molecular weight is 257 g/mol. The van der Waals surface area contributed by atoms with E-state index in [1.165, 1.54) is 0 Å². The second-order valence-electron chi connectivity index (χ2n) is 3.29. The molecule has 0 unspecified atom stereocenters. The lowest BCUT2D eigenvalue weighted by Gasteiger charge is -2.22. The molecule has 0 saturated heterocycles. The Morgan fingerprint density at radius 1 is 1.24 bits per heavy atom. The SMILES string of the molecule is CCOCCCN(CC(F)(F)F)C(=O)OCC. The van der Waals surface area contributed by atoms with Crippen molar-refractivity contribution in [3.8, 4) is 0 Å². The molecule has 0 aromatic heterocycles. The van der Waals surface area contributed by atoms with Crippen LogP contribution in [0.4, 0.5) is 18.0 Å². The van der Waals surface area contributed by atoms with Gasteiger partial charge in [-0.2, -0.15) is 13.2 Å². The summed E-state index contributed by atoms with van der Waals surface area (Å²) in [7, 11) is 0. The molecular formula is C10H18F3NO3. The van der Waals surface area contributed by atoms with Crippen LogP contribution < -0.4 is 0 Å². The van der Waals surface area contributed by atoms with Gasteiger partial charge in [-0.15, -0.1) is 0 Å². The number of carbonyl (C=O) groups is 1. The molecule has 0 bridgehead atoms. The van der Waals surface area contributed by atoms with Gasteiger partial charge in [0.25, 0.3) is 0 Å². The normalized spacial score (nSPS) is 11.4. The lowest BCUT2D eigenvalue weighted by Crippen LogP contribution is -2.40. The Morgan fingerprint density at radius 3 is 2.35 bits per heavy atom. The van der Waals surface area contributed by atoms with Gasteiger partial charge in [-0.25, -0.2) is 4.79 Å². The summed E-state index contributed by atoms with van der Waals surface area (Å²) in [5.74, 6) is 0. The Kier molecular flexibility index (Phi) is 7.69. The fraction of sp³-hybridized carbons (Fsp3) is 0.900. The Labute approximate surface area is 98.7 Å². The Morgan fingerprint density at radius 2 is 1.88 bits per heavy atom. The molecule has 1 amide bonds. The second-order valence-corrected chi connectivity index (χ2v) is 3.29. The van der Waals surface area contributed by atoms with E-state index in [9.17, 15) is 18.0 Å². The molecule has 102 valence electrons. The third-order valence-corrected chi connectivity index (χ3v) is 1.82. The summed E-state index contributed by atoms with van der Waals surface area (Å²) < 4.78 is 46.1. The molecule has 7 heteroatoms. The molecule has 0 saturated carbocycles. The van der Waals surface area contributed by atoms with Crippen molar-refractivity contribution in [1.29, 1.82) is 0 Å². The number of alkyl halides is 3. The Balaban J connectivity index is 4.16. The van der Waals surface area contributed by atoms with Crippen LogP contribution in [0.25, 0.3) is 0 Å². The topological polar surface area (TPSA) is 38.8 Å². The van der Waals surface area contributed by atoms with E-state index < -0.39 is 18.8 Å². The van der Waals surface area contributed by atoms with E-state index in [1.54, 1.807) is 13.8 Å². The van der Waals surface area contributed by atoms with E-state index >= 15 is 0 Å². The van der Waals surface area contributed by atoms with E-state index in [4.69, 9.17) is 4.74 Å². The molecular weight excluding hydrogens is 239 g/mol. The van der Waals surface area contributed by atoms with Crippen LogP contribution in [0.5, 0.6) is 0 Å². The number of ether oxygens (including phenoxy) is 2. The van der Waals surface area contributed by atoms with Crippen molar-refractivity contribution < 1.29 is 27.4 Å². The number of amides is 1. The Hall–Kier alpha value is -0.980. The third-order valence-electron chi connectivity index (χ3n) is 1.82. The van der Waals surface area contributed by atoms with Crippen molar-refractivity contribution in [3.05, 3.63) is 0 Å². The molecule has 0 fully saturated rings. The minimum absolute atomic E-state index is 0.0294. The highest BCUT2D eigenvalue weighted by Crippen LogP contribution is 2.17. The number of rotatable bonds is 7. The number of carbonyl (C=O) groups excluding carboxylic acids is 1. The molecule has 0 rings (SSSR count). The predicted octanol–water partition coefficient (Wildman–Crippen LogP) is 2.43. The molecule has 4 nitrogen and oxygen atoms in total. The number of nitrogens with zero attached hydrogens (tertiary/aromatic N) is 1. The van der Waals surface area contributed by atoms with E-state index in [1.807, 2.05) is 0 Å². The molecule has 0 aliphatic heterocycles. The van der Waals surface area contributed by atoms with Crippen LogP contribution >= 0.6 is 0 Å². The highest BCUT2D eigenvalue weighted by atomic mass is 19.4. The highest BCUT2D eigenvalue weighted by molar-refractivity contribution is 5.67. The zero-order chi connectivity index (χ0) is 13.3. The Bertz CT molecular complexity index is 221. The molecule has 17 heavy (non-hydrogen) atoms. The second kappa shape index (κ2) is 8.16. The van der Waals surface area contributed by atoms with Gasteiger partial charge < -0.3 is 9.47 Å². The zero-order valence-corrected chi connectivity index (χ0v) is 10.0. The first-order valence-electron chi connectivity index (χ1n) is 5.47. The fourth-order valence-electron chi connectivity index (χ4n) is 1.17. The van der Waals surface area contributed by atoms with Gasteiger partial charge >= 0.3 is 12.3 Å². The largest absolute Gasteiger partial charge is 0.450 e. The smallest absolute Gasteiger partial charge is 0.410 e. The van der Waals surface area contributed by atoms with Gasteiger partial charge in [0.1, 0.15) is 6.54 Å². The maximum Gasteiger partial charge on any atom is 0.410 e. The fourth-order valence-corrected chi connectivity index (χ4v) is 1.17. The van der Waals surface area contributed by atoms with Crippen molar-refractivity contribution in [3.63, 3.8) is 0 Å². The average Bonchev–Trinajstić information content (AvgIpc) is 2.21. The maximum absolute atomic E-state index is 12.2. The summed E-state index contributed by atoms with van der Waals surface area (Å²) in [4.78, 5) is 11.9. The van der Waals surface area contributed by atoms with E-state index in [-0.39, 0.29) is 13.2 Å². The first kappa shape index (κ1) is 16.0. The van der Waals surface area contributed by atoms with E-state index in [0.29, 0.717) is 24.5 Å². The molecule has 0 aromatic carbocycles. The number of hydrogen-bond donors (Lipinski definition) is 0. The molecule has 0 heterocycles. The van der Waals surface area contributed by atoms with Gasteiger partial charge in [-0.1, -0.05) is 0 Å². The van der Waals surface area contributed by atoms with Crippen molar-refractivity contribution >= 4 is 6.09 Å². The van der Waals surface area contributed by atoms with Crippen LogP contribution in [0.2, 0.25) is 0 Å². The van der Waals surface area contributed by atoms with Gasteiger partial charge in [-0.3, -0.25) is 4.90 Å². The summed E-state index contributed by atoms with van der Waals surface area (Å²) in [6, 6.07) is 0. The predicted molar refractivity (Wildman–Crippen MR) is 55.8 cm³/mol. The van der Waals surface area contributed by atoms with Gasteiger partial charge in [0.05, 0.1) is 6.61 Å². The van der Waals surface area contributed by atoms with Crippen molar-refractivity contribution in [2.24, 2.45) is 0 Å². The van der Waals surface area contributed by atoms with Gasteiger partial charge in [-0.05, 0) is 20.3 Å². The van der Waals surface area contributed by atoms with Crippen molar-refractivity contribution in [2.75, 3.05) is 32.9 Å². The molecule has 0 aromatic rings. The van der Waals surface area contributed by atoms with Crippen LogP contribution in [-0.4, -0.2) is 50.1 Å². The van der Waals surface area contributed by atoms with Crippen molar-refractivity contribution in [1.82, 2.24) is 4.90 Å². The first-order chi connectivity index (χ1) is 7.90. The van der Waals surface area contributed by atoms with Crippen LogP contribution in [-0.2, 0) is 9.47 Å². The monoisotopic (exact) mass is 257 g/mol. The van der Waals surface area contributed by atoms with E-state index in [2.05, 4.69) is 4.74 Å².